The molecular formula is C141H105BrN4. The molecule has 22 aromatic carbocycles. The fourth-order valence-electron chi connectivity index (χ4n) is 24.6. The predicted octanol–water partition coefficient (Wildman–Crippen LogP) is 37.9. The molecule has 0 saturated carbocycles. The molecule has 0 spiro atoms. The Labute approximate surface area is 863 Å². The molecule has 146 heavy (non-hydrogen) atoms. The highest BCUT2D eigenvalue weighted by atomic mass is 79.9. The molecule has 0 aliphatic heterocycles. The third-order valence-electron chi connectivity index (χ3n) is 31.3. The van der Waals surface area contributed by atoms with Crippen LogP contribution in [0.5, 0.6) is 0 Å². The van der Waals surface area contributed by atoms with Gasteiger partial charge >= 0.3 is 0 Å². The van der Waals surface area contributed by atoms with Crippen LogP contribution in [0.2, 0.25) is 0 Å². The van der Waals surface area contributed by atoms with Crippen molar-refractivity contribution < 1.29 is 0 Å². The molecule has 24 aromatic rings. The smallest absolute Gasteiger partial charge is 0.0713 e. The van der Waals surface area contributed by atoms with Crippen LogP contribution in [0.15, 0.2) is 538 Å². The lowest BCUT2D eigenvalue weighted by Crippen LogP contribution is -2.28. The van der Waals surface area contributed by atoms with E-state index in [2.05, 4.69) is 579 Å². The number of fused-ring (bicyclic) bond motifs is 18. The van der Waals surface area contributed by atoms with Crippen LogP contribution in [0.1, 0.15) is 102 Å². The summed E-state index contributed by atoms with van der Waals surface area (Å²) in [5, 5.41) is 8.47. The summed E-state index contributed by atoms with van der Waals surface area (Å²) in [5.74, 6) is 0. The number of halogens is 1. The average Bonchev–Trinajstić information content (AvgIpc) is 1.53. The molecule has 28 rings (SSSR count). The minimum atomic E-state index is -0.435. The lowest BCUT2D eigenvalue weighted by molar-refractivity contribution is 0.660. The van der Waals surface area contributed by atoms with E-state index in [4.69, 9.17) is 0 Å². The van der Waals surface area contributed by atoms with Gasteiger partial charge in [-0.05, 0) is 301 Å². The first-order valence-electron chi connectivity index (χ1n) is 50.3. The topological polar surface area (TPSA) is 25.1 Å². The van der Waals surface area contributed by atoms with Crippen molar-refractivity contribution in [1.82, 2.24) is 9.13 Å². The van der Waals surface area contributed by atoms with Crippen LogP contribution in [0.3, 0.4) is 0 Å². The molecule has 0 atom stereocenters. The van der Waals surface area contributed by atoms with Gasteiger partial charge < -0.3 is 19.4 Å². The van der Waals surface area contributed by atoms with Crippen LogP contribution >= 0.6 is 15.9 Å². The average molecular weight is 1940 g/mol. The maximum atomic E-state index is 3.57. The molecule has 2 heterocycles. The first-order valence-corrected chi connectivity index (χ1v) is 51.1. The van der Waals surface area contributed by atoms with Crippen molar-refractivity contribution in [1.29, 1.82) is 0 Å². The zero-order valence-corrected chi connectivity index (χ0v) is 82.6. The summed E-state index contributed by atoms with van der Waals surface area (Å²) < 4.78 is 5.99. The molecule has 0 saturated heterocycles. The number of para-hydroxylation sites is 4. The number of benzene rings is 22. The molecule has 696 valence electrons. The van der Waals surface area contributed by atoms with Crippen LogP contribution in [0, 0.1) is 0 Å². The van der Waals surface area contributed by atoms with Gasteiger partial charge in [0, 0.05) is 76.7 Å². The van der Waals surface area contributed by atoms with Crippen molar-refractivity contribution in [2.75, 3.05) is 10.2 Å². The summed E-state index contributed by atoms with van der Waals surface area (Å²) >= 11 is 3.57. The molecule has 4 aliphatic rings. The lowest BCUT2D eigenvalue weighted by atomic mass is 9.68. The Morgan fingerprint density at radius 3 is 0.945 bits per heavy atom. The maximum Gasteiger partial charge on any atom is 0.0713 e. The second-order valence-corrected chi connectivity index (χ2v) is 40.8. The van der Waals surface area contributed by atoms with Crippen molar-refractivity contribution >= 4 is 88.0 Å². The molecule has 0 unspecified atom stereocenters. The lowest BCUT2D eigenvalue weighted by Gasteiger charge is -2.33. The molecule has 4 nitrogen and oxygen atoms in total. The first-order chi connectivity index (χ1) is 71.3. The van der Waals surface area contributed by atoms with E-state index in [0.717, 1.165) is 44.3 Å². The van der Waals surface area contributed by atoms with Crippen molar-refractivity contribution in [2.24, 2.45) is 0 Å². The van der Waals surface area contributed by atoms with E-state index in [1.165, 1.54) is 199 Å². The number of nitrogens with zero attached hydrogens (tertiary/aromatic N) is 3. The Morgan fingerprint density at radius 1 is 0.199 bits per heavy atom. The van der Waals surface area contributed by atoms with Gasteiger partial charge in [-0.2, -0.15) is 0 Å². The number of hydrogen-bond donors (Lipinski definition) is 1. The van der Waals surface area contributed by atoms with Gasteiger partial charge in [0.25, 0.3) is 0 Å². The number of anilines is 5. The van der Waals surface area contributed by atoms with Gasteiger partial charge in [0.1, 0.15) is 0 Å². The number of hydrogen-bond acceptors (Lipinski definition) is 2. The van der Waals surface area contributed by atoms with E-state index in [0.29, 0.717) is 0 Å². The Bertz CT molecular complexity index is 9050. The number of rotatable bonds is 15. The zero-order chi connectivity index (χ0) is 97.1. The van der Waals surface area contributed by atoms with Gasteiger partial charge in [-0.25, -0.2) is 0 Å². The van der Waals surface area contributed by atoms with Crippen LogP contribution < -0.4 is 10.2 Å². The quantitative estimate of drug-likeness (QED) is 0.111. The predicted molar refractivity (Wildman–Crippen MR) is 618 cm³/mol. The van der Waals surface area contributed by atoms with E-state index in [1.807, 2.05) is 18.2 Å². The minimum Gasteiger partial charge on any atom is -0.356 e. The fraction of sp³-hybridized carbons (Fsp3) is 0.0638. The molecule has 5 heteroatoms. The largest absolute Gasteiger partial charge is 0.356 e. The zero-order valence-electron chi connectivity index (χ0n) is 81.0. The van der Waals surface area contributed by atoms with E-state index < -0.39 is 10.8 Å². The summed E-state index contributed by atoms with van der Waals surface area (Å²) in [6, 6.07) is 196. The highest BCUT2D eigenvalue weighted by Crippen LogP contribution is 2.60. The highest BCUT2D eigenvalue weighted by Gasteiger charge is 2.49. The molecule has 0 amide bonds. The van der Waals surface area contributed by atoms with Gasteiger partial charge in [0.15, 0.2) is 0 Å². The van der Waals surface area contributed by atoms with Gasteiger partial charge in [-0.15, -0.1) is 0 Å². The van der Waals surface area contributed by atoms with E-state index in [1.54, 1.807) is 0 Å². The monoisotopic (exact) mass is 1930 g/mol. The normalized spacial score (nSPS) is 13.4. The highest BCUT2D eigenvalue weighted by molar-refractivity contribution is 9.10. The van der Waals surface area contributed by atoms with Crippen LogP contribution in [-0.4, -0.2) is 9.13 Å². The molecule has 1 N–H and O–H groups in total. The molecule has 2 aromatic heterocycles. The maximum absolute atomic E-state index is 3.57. The first kappa shape index (κ1) is 89.8. The SMILES string of the molecule is Brc1ccc(-c2cccc(-c3ccc4c(c3)c3ccccc3n4-c3ccc4c(c3)-c3ccccc3C4(c3ccccc3)c3ccccc3)c2)cc1.C.CC1(C)c2ccccc2-c2cc(N(c3ccccc3)c3ccc(-c4cccc(-c5ccc6c(c5)c5ccccc5n6-c5ccc6c(c5)-c5ccccc5C6(c5ccccc5)c5ccccc5)c4)cc3)ccc21.CC1(C)c2ccccc2-c2cc(Nc3ccccc3)ccc21. The summed E-state index contributed by atoms with van der Waals surface area (Å²) in [6.45, 7) is 9.30. The van der Waals surface area contributed by atoms with E-state index in [9.17, 15) is 0 Å². The van der Waals surface area contributed by atoms with Crippen LogP contribution in [0.25, 0.3) is 144 Å². The Kier molecular flexibility index (Phi) is 22.5. The van der Waals surface area contributed by atoms with Gasteiger partial charge in [-0.1, -0.05) is 439 Å². The molecule has 0 fully saturated rings. The van der Waals surface area contributed by atoms with E-state index in [-0.39, 0.29) is 18.3 Å². The third-order valence-corrected chi connectivity index (χ3v) is 31.8. The van der Waals surface area contributed by atoms with Crippen molar-refractivity contribution in [3.05, 3.63) is 605 Å². The second-order valence-electron chi connectivity index (χ2n) is 39.9. The summed E-state index contributed by atoms with van der Waals surface area (Å²) in [5.41, 5.74) is 48.0. The van der Waals surface area contributed by atoms with Gasteiger partial charge in [0.05, 0.1) is 32.9 Å². The molecular weight excluding hydrogens is 1830 g/mol. The Hall–Kier alpha value is -17.5. The van der Waals surface area contributed by atoms with Crippen molar-refractivity contribution in [3.63, 3.8) is 0 Å². The Balaban J connectivity index is 0.000000130. The standard InChI is InChI=1S/C70H50N2.C49H32BrN.C21H19N.CH4/c1-69(2)63-30-15-12-27-57(63)60-45-55(38-40-64(60)69)71(53-25-10-5-11-26-53)54-36-33-47(34-37-54)48-19-18-20-49(43-48)50-35-42-68-62(44-50)59-29-14-17-32-67(59)72(68)56-39-41-66-61(46-56)58-28-13-16-31-65(58)70(66,51-21-6-3-7-22-51)52-23-8-4-9-24-52;50-39-25-22-33(23-26-39)34-12-11-13-35(30-34)36-24-29-48-44(31-36)42-19-8-10-21-47(42)51(48)40-27-28-46-43(32-40)41-18-7-9-20-45(41)49(46,37-14-3-1-4-15-37)38-16-5-2-6-17-38;1-21(2)19-11-7-6-10-17(19)18-14-16(12-13-20(18)21)22-15-8-4-3-5-9-15;/h3-46H,1-2H3;1-32H;3-14,22H,1-2H3;1H4. The Morgan fingerprint density at radius 2 is 0.500 bits per heavy atom. The van der Waals surface area contributed by atoms with Crippen LogP contribution in [-0.2, 0) is 21.7 Å². The van der Waals surface area contributed by atoms with Crippen molar-refractivity contribution in [3.8, 4) is 100 Å². The van der Waals surface area contributed by atoms with Crippen LogP contribution in [0.4, 0.5) is 28.4 Å². The summed E-state index contributed by atoms with van der Waals surface area (Å²) in [6.07, 6.45) is 0. The minimum absolute atomic E-state index is 0. The van der Waals surface area contributed by atoms with E-state index >= 15 is 0 Å². The number of aromatic nitrogens is 2. The van der Waals surface area contributed by atoms with Gasteiger partial charge in [0.2, 0.25) is 0 Å². The molecule has 0 radical (unpaired) electrons. The number of nitrogens with one attached hydrogen (secondary N) is 1. The third kappa shape index (κ3) is 14.8. The van der Waals surface area contributed by atoms with Gasteiger partial charge in [-0.3, -0.25) is 0 Å². The summed E-state index contributed by atoms with van der Waals surface area (Å²) in [4.78, 5) is 2.38. The summed E-state index contributed by atoms with van der Waals surface area (Å²) in [7, 11) is 0. The fourth-order valence-corrected chi connectivity index (χ4v) is 24.8. The molecule has 4 aliphatic carbocycles. The molecule has 0 bridgehead atoms. The van der Waals surface area contributed by atoms with Crippen molar-refractivity contribution in [2.45, 2.75) is 56.8 Å². The second kappa shape index (κ2) is 36.5.